The molecule has 1 aliphatic rings. The summed E-state index contributed by atoms with van der Waals surface area (Å²) in [6.45, 7) is 4.74. The smallest absolute Gasteiger partial charge is 0.0159 e. The average molecular weight is 128 g/mol. The minimum absolute atomic E-state index is 0.942. The van der Waals surface area contributed by atoms with Gasteiger partial charge in [-0.2, -0.15) is 0 Å². The van der Waals surface area contributed by atoms with E-state index in [-0.39, 0.29) is 0 Å². The fraction of sp³-hybridized carbons (Fsp3) is 1.00. The van der Waals surface area contributed by atoms with E-state index in [1.165, 1.54) is 25.9 Å². The van der Waals surface area contributed by atoms with Crippen LogP contribution in [0, 0.1) is 5.92 Å². The van der Waals surface area contributed by atoms with Crippen LogP contribution in [0.1, 0.15) is 19.8 Å². The Morgan fingerprint density at radius 2 is 2.44 bits per heavy atom. The summed E-state index contributed by atoms with van der Waals surface area (Å²) < 4.78 is 0. The summed E-state index contributed by atoms with van der Waals surface area (Å²) in [5, 5.41) is 2.29. The fourth-order valence-corrected chi connectivity index (χ4v) is 1.37. The second-order valence-corrected chi connectivity index (χ2v) is 2.73. The van der Waals surface area contributed by atoms with E-state index in [0.29, 0.717) is 0 Å². The van der Waals surface area contributed by atoms with Gasteiger partial charge in [0.05, 0.1) is 0 Å². The molecule has 1 N–H and O–H groups in total. The first-order valence-electron chi connectivity index (χ1n) is 3.79. The Hall–Kier alpha value is -0.0800. The van der Waals surface area contributed by atoms with Crippen molar-refractivity contribution in [2.45, 2.75) is 19.8 Å². The molecule has 2 heteroatoms. The minimum atomic E-state index is 0.942. The molecule has 0 aromatic heterocycles. The van der Waals surface area contributed by atoms with Gasteiger partial charge >= 0.3 is 0 Å². The molecule has 1 aliphatic heterocycles. The third kappa shape index (κ3) is 1.66. The summed E-state index contributed by atoms with van der Waals surface area (Å²) in [5.74, 6) is 0.942. The summed E-state index contributed by atoms with van der Waals surface area (Å²) in [5.41, 5.74) is 3.16. The van der Waals surface area contributed by atoms with Gasteiger partial charge in [0.1, 0.15) is 0 Å². The molecule has 0 aliphatic carbocycles. The molecule has 0 amide bonds. The summed E-state index contributed by atoms with van der Waals surface area (Å²) in [7, 11) is 2.00. The normalized spacial score (nSPS) is 29.3. The first kappa shape index (κ1) is 7.03. The van der Waals surface area contributed by atoms with Gasteiger partial charge in [-0.15, -0.1) is 0 Å². The van der Waals surface area contributed by atoms with Crippen molar-refractivity contribution in [3.05, 3.63) is 0 Å². The fourth-order valence-electron chi connectivity index (χ4n) is 1.37. The molecule has 1 fully saturated rings. The number of rotatable bonds is 2. The third-order valence-corrected chi connectivity index (χ3v) is 2.18. The maximum absolute atomic E-state index is 3.16. The summed E-state index contributed by atoms with van der Waals surface area (Å²) in [6, 6.07) is 0. The maximum atomic E-state index is 3.16. The van der Waals surface area contributed by atoms with Crippen molar-refractivity contribution in [2.24, 2.45) is 5.92 Å². The van der Waals surface area contributed by atoms with Gasteiger partial charge in [0.2, 0.25) is 0 Å². The van der Waals surface area contributed by atoms with Crippen LogP contribution in [0.4, 0.5) is 0 Å². The predicted octanol–water partition coefficient (Wildman–Crippen LogP) is 0.853. The Labute approximate surface area is 57.2 Å². The molecule has 0 radical (unpaired) electrons. The van der Waals surface area contributed by atoms with Crippen molar-refractivity contribution >= 4 is 0 Å². The highest BCUT2D eigenvalue weighted by atomic mass is 15.5. The third-order valence-electron chi connectivity index (χ3n) is 2.18. The molecule has 1 unspecified atom stereocenters. The highest BCUT2D eigenvalue weighted by Gasteiger charge is 2.18. The number of hydrogen-bond acceptors (Lipinski definition) is 2. The predicted molar refractivity (Wildman–Crippen MR) is 39.0 cm³/mol. The number of hydrogen-bond donors (Lipinski definition) is 1. The van der Waals surface area contributed by atoms with Gasteiger partial charge in [-0.05, 0) is 19.4 Å². The van der Waals surface area contributed by atoms with Gasteiger partial charge in [0, 0.05) is 13.1 Å². The van der Waals surface area contributed by atoms with Gasteiger partial charge in [0.25, 0.3) is 0 Å². The van der Waals surface area contributed by atoms with Crippen LogP contribution in [0.5, 0.6) is 0 Å². The topological polar surface area (TPSA) is 15.3 Å². The van der Waals surface area contributed by atoms with Crippen molar-refractivity contribution in [2.75, 3.05) is 20.1 Å². The number of hydrazine groups is 1. The Kier molecular flexibility index (Phi) is 2.49. The quantitative estimate of drug-likeness (QED) is 0.593. The molecule has 9 heavy (non-hydrogen) atoms. The van der Waals surface area contributed by atoms with Gasteiger partial charge in [-0.1, -0.05) is 13.3 Å². The zero-order valence-electron chi connectivity index (χ0n) is 6.35. The van der Waals surface area contributed by atoms with E-state index >= 15 is 0 Å². The zero-order chi connectivity index (χ0) is 6.69. The van der Waals surface area contributed by atoms with Crippen LogP contribution in [0.25, 0.3) is 0 Å². The Bertz CT molecular complexity index is 73.0. The first-order chi connectivity index (χ1) is 4.36. The van der Waals surface area contributed by atoms with Crippen molar-refractivity contribution < 1.29 is 0 Å². The molecule has 0 spiro atoms. The molecule has 1 saturated heterocycles. The SMILES string of the molecule is CCC1CCN(NC)C1. The lowest BCUT2D eigenvalue weighted by atomic mass is 10.1. The number of nitrogens with zero attached hydrogens (tertiary/aromatic N) is 1. The molecule has 1 rings (SSSR count). The second kappa shape index (κ2) is 3.18. The van der Waals surface area contributed by atoms with Gasteiger partial charge < -0.3 is 0 Å². The van der Waals surface area contributed by atoms with Crippen LogP contribution in [0.2, 0.25) is 0 Å². The monoisotopic (exact) mass is 128 g/mol. The first-order valence-corrected chi connectivity index (χ1v) is 3.79. The molecule has 0 saturated carbocycles. The van der Waals surface area contributed by atoms with Crippen molar-refractivity contribution in [3.63, 3.8) is 0 Å². The van der Waals surface area contributed by atoms with Crippen LogP contribution < -0.4 is 5.43 Å². The molecule has 1 atom stereocenters. The van der Waals surface area contributed by atoms with Gasteiger partial charge in [0.15, 0.2) is 0 Å². The van der Waals surface area contributed by atoms with Crippen LogP contribution in [0.15, 0.2) is 0 Å². The van der Waals surface area contributed by atoms with E-state index in [4.69, 9.17) is 0 Å². The lowest BCUT2D eigenvalue weighted by Gasteiger charge is -2.12. The van der Waals surface area contributed by atoms with Crippen molar-refractivity contribution in [1.82, 2.24) is 10.4 Å². The standard InChI is InChI=1S/C7H16N2/c1-3-7-4-5-9(6-7)8-2/h7-8H,3-6H2,1-2H3. The summed E-state index contributed by atoms with van der Waals surface area (Å²) in [6.07, 6.45) is 2.70. The van der Waals surface area contributed by atoms with Gasteiger partial charge in [-0.3, -0.25) is 5.43 Å². The minimum Gasteiger partial charge on any atom is -0.258 e. The lowest BCUT2D eigenvalue weighted by molar-refractivity contribution is 0.250. The van der Waals surface area contributed by atoms with Crippen molar-refractivity contribution in [3.8, 4) is 0 Å². The van der Waals surface area contributed by atoms with Crippen LogP contribution >= 0.6 is 0 Å². The van der Waals surface area contributed by atoms with Crippen LogP contribution in [-0.2, 0) is 0 Å². The molecule has 1 heterocycles. The lowest BCUT2D eigenvalue weighted by Crippen LogP contribution is -2.32. The van der Waals surface area contributed by atoms with E-state index in [9.17, 15) is 0 Å². The summed E-state index contributed by atoms with van der Waals surface area (Å²) >= 11 is 0. The Morgan fingerprint density at radius 3 is 2.78 bits per heavy atom. The van der Waals surface area contributed by atoms with Crippen molar-refractivity contribution in [1.29, 1.82) is 0 Å². The molecule has 2 nitrogen and oxygen atoms in total. The second-order valence-electron chi connectivity index (χ2n) is 2.73. The van der Waals surface area contributed by atoms with E-state index in [1.54, 1.807) is 0 Å². The van der Waals surface area contributed by atoms with Crippen LogP contribution in [-0.4, -0.2) is 25.1 Å². The summed E-state index contributed by atoms with van der Waals surface area (Å²) in [4.78, 5) is 0. The number of nitrogens with one attached hydrogen (secondary N) is 1. The Morgan fingerprint density at radius 1 is 1.67 bits per heavy atom. The molecular formula is C7H16N2. The molecular weight excluding hydrogens is 112 g/mol. The molecule has 0 aromatic rings. The largest absolute Gasteiger partial charge is 0.258 e. The highest BCUT2D eigenvalue weighted by molar-refractivity contribution is 4.70. The highest BCUT2D eigenvalue weighted by Crippen LogP contribution is 2.16. The van der Waals surface area contributed by atoms with E-state index in [2.05, 4.69) is 17.4 Å². The maximum Gasteiger partial charge on any atom is 0.0159 e. The van der Waals surface area contributed by atoms with Gasteiger partial charge in [-0.25, -0.2) is 5.01 Å². The zero-order valence-corrected chi connectivity index (χ0v) is 6.35. The van der Waals surface area contributed by atoms with E-state index in [0.717, 1.165) is 5.92 Å². The molecule has 54 valence electrons. The molecule has 0 bridgehead atoms. The van der Waals surface area contributed by atoms with Crippen LogP contribution in [0.3, 0.4) is 0 Å². The Balaban J connectivity index is 2.20. The van der Waals surface area contributed by atoms with E-state index < -0.39 is 0 Å². The van der Waals surface area contributed by atoms with E-state index in [1.807, 2.05) is 7.05 Å². The average Bonchev–Trinajstić information content (AvgIpc) is 2.34. The molecule has 0 aromatic carbocycles.